The van der Waals surface area contributed by atoms with Gasteiger partial charge in [0.2, 0.25) is 0 Å². The molecule has 2 heteroatoms. The van der Waals surface area contributed by atoms with Gasteiger partial charge in [0.1, 0.15) is 0 Å². The predicted molar refractivity (Wildman–Crippen MR) is 60.9 cm³/mol. The van der Waals surface area contributed by atoms with E-state index in [4.69, 9.17) is 0 Å². The highest BCUT2D eigenvalue weighted by Crippen LogP contribution is 2.35. The Morgan fingerprint density at radius 1 is 1.31 bits per heavy atom. The number of nitrogens with zero attached hydrogens (tertiary/aromatic N) is 1. The third-order valence-corrected chi connectivity index (χ3v) is 5.30. The highest BCUT2D eigenvalue weighted by Gasteiger charge is 2.36. The molecule has 0 aromatic rings. The normalized spacial score (nSPS) is 35.3. The summed E-state index contributed by atoms with van der Waals surface area (Å²) in [5.41, 5.74) is 0. The fourth-order valence-corrected chi connectivity index (χ4v) is 5.24. The molecule has 0 aromatic carbocycles. The van der Waals surface area contributed by atoms with Gasteiger partial charge in [-0.15, -0.1) is 0 Å². The minimum Gasteiger partial charge on any atom is -0.300 e. The fourth-order valence-electron chi connectivity index (χ4n) is 3.21. The van der Waals surface area contributed by atoms with Gasteiger partial charge >= 0.3 is 0 Å². The number of rotatable bonds is 2. The average molecular weight is 197 g/mol. The first-order valence-electron chi connectivity index (χ1n) is 5.79. The molecule has 2 saturated heterocycles. The molecule has 2 aliphatic rings. The van der Waals surface area contributed by atoms with Gasteiger partial charge in [0, 0.05) is 20.7 Å². The lowest BCUT2D eigenvalue weighted by Gasteiger charge is -2.21. The van der Waals surface area contributed by atoms with Crippen molar-refractivity contribution in [3.63, 3.8) is 0 Å². The van der Waals surface area contributed by atoms with Crippen molar-refractivity contribution in [3.05, 3.63) is 0 Å². The topological polar surface area (TPSA) is 3.24 Å². The zero-order chi connectivity index (χ0) is 9.47. The van der Waals surface area contributed by atoms with E-state index < -0.39 is 8.07 Å². The Kier molecular flexibility index (Phi) is 2.54. The maximum atomic E-state index is 2.74. The Bertz CT molecular complexity index is 173. The molecule has 0 amide bonds. The van der Waals surface area contributed by atoms with Gasteiger partial charge in [-0.2, -0.15) is 0 Å². The molecule has 0 saturated carbocycles. The molecule has 2 atom stereocenters. The Morgan fingerprint density at radius 2 is 2.08 bits per heavy atom. The van der Waals surface area contributed by atoms with Crippen LogP contribution in [0.25, 0.3) is 0 Å². The lowest BCUT2D eigenvalue weighted by molar-refractivity contribution is 0.319. The molecule has 0 aromatic heterocycles. The second-order valence-corrected chi connectivity index (χ2v) is 11.7. The Hall–Kier alpha value is 0.177. The number of hydrogen-bond donors (Lipinski definition) is 0. The van der Waals surface area contributed by atoms with Gasteiger partial charge in [-0.3, -0.25) is 0 Å². The Balaban J connectivity index is 1.85. The van der Waals surface area contributed by atoms with E-state index in [2.05, 4.69) is 24.5 Å². The van der Waals surface area contributed by atoms with Gasteiger partial charge in [0.25, 0.3) is 0 Å². The molecule has 2 heterocycles. The van der Waals surface area contributed by atoms with E-state index in [1.807, 2.05) is 0 Å². The van der Waals surface area contributed by atoms with Crippen LogP contribution < -0.4 is 0 Å². The van der Waals surface area contributed by atoms with E-state index in [-0.39, 0.29) is 0 Å². The van der Waals surface area contributed by atoms with Crippen LogP contribution in [0.4, 0.5) is 0 Å². The SMILES string of the molecule is C[Si](C)(C)C[C@H]1C[C@@H]2CCCN2C1. The average Bonchev–Trinajstić information content (AvgIpc) is 2.40. The van der Waals surface area contributed by atoms with Crippen LogP contribution in [0.3, 0.4) is 0 Å². The van der Waals surface area contributed by atoms with Crippen LogP contribution in [-0.2, 0) is 0 Å². The minimum atomic E-state index is -0.797. The lowest BCUT2D eigenvalue weighted by atomic mass is 10.1. The first kappa shape index (κ1) is 9.72. The molecule has 0 bridgehead atoms. The van der Waals surface area contributed by atoms with Crippen molar-refractivity contribution in [2.24, 2.45) is 5.92 Å². The Labute approximate surface area is 83.5 Å². The van der Waals surface area contributed by atoms with Crippen molar-refractivity contribution < 1.29 is 0 Å². The van der Waals surface area contributed by atoms with E-state index in [0.29, 0.717) is 0 Å². The van der Waals surface area contributed by atoms with Crippen molar-refractivity contribution in [1.82, 2.24) is 4.90 Å². The van der Waals surface area contributed by atoms with Gasteiger partial charge in [0.05, 0.1) is 0 Å². The maximum Gasteiger partial charge on any atom is 0.0445 e. The second-order valence-electron chi connectivity index (χ2n) is 6.16. The summed E-state index contributed by atoms with van der Waals surface area (Å²) in [7, 11) is -0.797. The first-order valence-corrected chi connectivity index (χ1v) is 9.49. The highest BCUT2D eigenvalue weighted by atomic mass is 28.3. The summed E-state index contributed by atoms with van der Waals surface area (Å²) in [5.74, 6) is 1.05. The van der Waals surface area contributed by atoms with Crippen LogP contribution in [0.1, 0.15) is 19.3 Å². The van der Waals surface area contributed by atoms with Gasteiger partial charge in [0.15, 0.2) is 0 Å². The summed E-state index contributed by atoms with van der Waals surface area (Å²) >= 11 is 0. The van der Waals surface area contributed by atoms with Gasteiger partial charge < -0.3 is 4.90 Å². The molecule has 2 aliphatic heterocycles. The van der Waals surface area contributed by atoms with Crippen molar-refractivity contribution in [2.75, 3.05) is 13.1 Å². The predicted octanol–water partition coefficient (Wildman–Crippen LogP) is 2.81. The lowest BCUT2D eigenvalue weighted by Crippen LogP contribution is -2.26. The summed E-state index contributed by atoms with van der Waals surface area (Å²) in [5, 5.41) is 0. The van der Waals surface area contributed by atoms with E-state index in [0.717, 1.165) is 12.0 Å². The molecule has 2 rings (SSSR count). The maximum absolute atomic E-state index is 2.74. The van der Waals surface area contributed by atoms with Crippen molar-refractivity contribution in [1.29, 1.82) is 0 Å². The quantitative estimate of drug-likeness (QED) is 0.615. The van der Waals surface area contributed by atoms with Gasteiger partial charge in [-0.1, -0.05) is 25.7 Å². The third kappa shape index (κ3) is 2.35. The second kappa shape index (κ2) is 3.39. The van der Waals surface area contributed by atoms with Crippen LogP contribution in [0.5, 0.6) is 0 Å². The number of fused-ring (bicyclic) bond motifs is 1. The zero-order valence-electron chi connectivity index (χ0n) is 9.34. The molecule has 13 heavy (non-hydrogen) atoms. The summed E-state index contributed by atoms with van der Waals surface area (Å²) in [6.07, 6.45) is 4.47. The van der Waals surface area contributed by atoms with Gasteiger partial charge in [-0.05, 0) is 31.7 Å². The molecule has 0 aliphatic carbocycles. The van der Waals surface area contributed by atoms with E-state index in [1.54, 1.807) is 6.04 Å². The molecule has 1 nitrogen and oxygen atoms in total. The first-order chi connectivity index (χ1) is 6.04. The highest BCUT2D eigenvalue weighted by molar-refractivity contribution is 6.76. The smallest absolute Gasteiger partial charge is 0.0445 e. The van der Waals surface area contributed by atoms with Crippen molar-refractivity contribution in [3.8, 4) is 0 Å². The minimum absolute atomic E-state index is 0.797. The molecular weight excluding hydrogens is 174 g/mol. The molecule has 0 unspecified atom stereocenters. The fraction of sp³-hybridized carbons (Fsp3) is 1.00. The van der Waals surface area contributed by atoms with E-state index >= 15 is 0 Å². The van der Waals surface area contributed by atoms with Gasteiger partial charge in [-0.25, -0.2) is 0 Å². The Morgan fingerprint density at radius 3 is 2.69 bits per heavy atom. The standard InChI is InChI=1S/C11H23NSi/c1-13(2,3)9-10-7-11-5-4-6-12(11)8-10/h10-11H,4-9H2,1-3H3/t10-,11-/m0/s1. The monoisotopic (exact) mass is 197 g/mol. The van der Waals surface area contributed by atoms with Crippen LogP contribution in [0, 0.1) is 5.92 Å². The third-order valence-electron chi connectivity index (χ3n) is 3.50. The molecule has 2 fully saturated rings. The number of hydrogen-bond acceptors (Lipinski definition) is 1. The van der Waals surface area contributed by atoms with Crippen LogP contribution in [0.15, 0.2) is 0 Å². The molecular formula is C11H23NSi. The zero-order valence-corrected chi connectivity index (χ0v) is 10.3. The van der Waals surface area contributed by atoms with Crippen LogP contribution in [-0.4, -0.2) is 32.1 Å². The summed E-state index contributed by atoms with van der Waals surface area (Å²) in [6, 6.07) is 2.54. The van der Waals surface area contributed by atoms with Crippen molar-refractivity contribution >= 4 is 8.07 Å². The largest absolute Gasteiger partial charge is 0.300 e. The summed E-state index contributed by atoms with van der Waals surface area (Å²) < 4.78 is 0. The molecule has 76 valence electrons. The summed E-state index contributed by atoms with van der Waals surface area (Å²) in [6.45, 7) is 10.4. The van der Waals surface area contributed by atoms with E-state index in [9.17, 15) is 0 Å². The summed E-state index contributed by atoms with van der Waals surface area (Å²) in [4.78, 5) is 2.74. The van der Waals surface area contributed by atoms with Crippen LogP contribution >= 0.6 is 0 Å². The molecule has 0 spiro atoms. The molecule has 0 radical (unpaired) electrons. The van der Waals surface area contributed by atoms with Crippen LogP contribution in [0.2, 0.25) is 25.7 Å². The molecule has 0 N–H and O–H groups in total. The van der Waals surface area contributed by atoms with Crippen molar-refractivity contribution in [2.45, 2.75) is 51.0 Å². The van der Waals surface area contributed by atoms with E-state index in [1.165, 1.54) is 32.4 Å².